The SMILES string of the molecule is CNC(CCC(=O)N[C@@H](CCC(C)=O)C(=O)O)C(=O)O.O=CCCCCCCCCCCCCCCC(=O)O. The van der Waals surface area contributed by atoms with Gasteiger partial charge in [0, 0.05) is 25.7 Å². The Balaban J connectivity index is 0. The van der Waals surface area contributed by atoms with E-state index in [0.29, 0.717) is 6.42 Å². The number of carboxylic acids is 3. The summed E-state index contributed by atoms with van der Waals surface area (Å²) in [6, 6.07) is -1.99. The topological polar surface area (TPSA) is 187 Å². The van der Waals surface area contributed by atoms with Crippen molar-refractivity contribution in [2.75, 3.05) is 7.05 Å². The van der Waals surface area contributed by atoms with Crippen LogP contribution < -0.4 is 10.6 Å². The molecule has 0 aromatic rings. The number of nitrogens with one attached hydrogen (secondary N) is 2. The minimum Gasteiger partial charge on any atom is -0.481 e. The zero-order valence-corrected chi connectivity index (χ0v) is 23.8. The van der Waals surface area contributed by atoms with E-state index in [1.54, 1.807) is 0 Å². The summed E-state index contributed by atoms with van der Waals surface area (Å²) in [6.45, 7) is 1.34. The zero-order valence-electron chi connectivity index (χ0n) is 23.8. The third-order valence-corrected chi connectivity index (χ3v) is 6.19. The van der Waals surface area contributed by atoms with Gasteiger partial charge in [0.05, 0.1) is 0 Å². The van der Waals surface area contributed by atoms with Crippen molar-refractivity contribution in [3.8, 4) is 0 Å². The van der Waals surface area contributed by atoms with Gasteiger partial charge < -0.3 is 35.5 Å². The number of rotatable bonds is 25. The van der Waals surface area contributed by atoms with Crippen LogP contribution >= 0.6 is 0 Å². The number of carbonyl (C=O) groups is 6. The van der Waals surface area contributed by atoms with E-state index in [1.165, 1.54) is 71.8 Å². The molecule has 0 saturated heterocycles. The quantitative estimate of drug-likeness (QED) is 0.0806. The fourth-order valence-corrected chi connectivity index (χ4v) is 3.81. The van der Waals surface area contributed by atoms with Gasteiger partial charge in [0.1, 0.15) is 24.2 Å². The molecule has 0 bridgehead atoms. The highest BCUT2D eigenvalue weighted by Gasteiger charge is 2.22. The summed E-state index contributed by atoms with van der Waals surface area (Å²) >= 11 is 0. The van der Waals surface area contributed by atoms with Gasteiger partial charge in [-0.25, -0.2) is 4.79 Å². The fraction of sp³-hybridized carbons (Fsp3) is 0.786. The first kappa shape index (κ1) is 38.3. The van der Waals surface area contributed by atoms with Crippen LogP contribution in [0.15, 0.2) is 0 Å². The smallest absolute Gasteiger partial charge is 0.326 e. The molecule has 0 aromatic carbocycles. The van der Waals surface area contributed by atoms with E-state index in [0.717, 1.165) is 32.0 Å². The zero-order chi connectivity index (χ0) is 29.9. The monoisotopic (exact) mass is 558 g/mol. The summed E-state index contributed by atoms with van der Waals surface area (Å²) in [5.74, 6) is -3.68. The summed E-state index contributed by atoms with van der Waals surface area (Å²) in [4.78, 5) is 64.4. The average Bonchev–Trinajstić information content (AvgIpc) is 2.86. The maximum Gasteiger partial charge on any atom is 0.326 e. The van der Waals surface area contributed by atoms with Crippen molar-refractivity contribution in [2.24, 2.45) is 0 Å². The number of ketones is 1. The molecule has 11 nitrogen and oxygen atoms in total. The largest absolute Gasteiger partial charge is 0.481 e. The van der Waals surface area contributed by atoms with Gasteiger partial charge in [0.15, 0.2) is 0 Å². The van der Waals surface area contributed by atoms with Crippen molar-refractivity contribution >= 4 is 35.9 Å². The molecule has 11 heteroatoms. The Morgan fingerprint density at radius 2 is 1.08 bits per heavy atom. The van der Waals surface area contributed by atoms with Gasteiger partial charge in [-0.1, -0.05) is 64.2 Å². The van der Waals surface area contributed by atoms with Gasteiger partial charge in [-0.05, 0) is 39.7 Å². The van der Waals surface area contributed by atoms with Crippen LogP contribution in [0.5, 0.6) is 0 Å². The predicted octanol–water partition coefficient (Wildman–Crippen LogP) is 4.11. The molecule has 0 aromatic heterocycles. The summed E-state index contributed by atoms with van der Waals surface area (Å²) in [6.07, 6.45) is 16.5. The van der Waals surface area contributed by atoms with E-state index in [2.05, 4.69) is 10.6 Å². The molecule has 0 aliphatic rings. The molecule has 2 atom stereocenters. The molecule has 0 fully saturated rings. The van der Waals surface area contributed by atoms with Crippen molar-refractivity contribution < 1.29 is 44.1 Å². The Kier molecular flexibility index (Phi) is 26.3. The molecule has 0 aliphatic heterocycles. The predicted molar refractivity (Wildman–Crippen MR) is 148 cm³/mol. The molecular formula is C28H50N2O9. The number of likely N-dealkylation sites (N-methyl/N-ethyl adjacent to an activating group) is 1. The van der Waals surface area contributed by atoms with Crippen LogP contribution in [0.2, 0.25) is 0 Å². The minimum atomic E-state index is -1.22. The molecular weight excluding hydrogens is 508 g/mol. The molecule has 226 valence electrons. The molecule has 0 radical (unpaired) electrons. The van der Waals surface area contributed by atoms with Gasteiger partial charge in [0.25, 0.3) is 0 Å². The molecule has 1 unspecified atom stereocenters. The number of carbonyl (C=O) groups excluding carboxylic acids is 3. The highest BCUT2D eigenvalue weighted by atomic mass is 16.4. The number of hydrogen-bond donors (Lipinski definition) is 5. The van der Waals surface area contributed by atoms with Crippen molar-refractivity contribution in [3.05, 3.63) is 0 Å². The van der Waals surface area contributed by atoms with Crippen LogP contribution in [-0.2, 0) is 28.8 Å². The van der Waals surface area contributed by atoms with E-state index >= 15 is 0 Å². The molecule has 39 heavy (non-hydrogen) atoms. The Morgan fingerprint density at radius 3 is 1.46 bits per heavy atom. The van der Waals surface area contributed by atoms with Crippen molar-refractivity contribution in [2.45, 2.75) is 135 Å². The fourth-order valence-electron chi connectivity index (χ4n) is 3.81. The standard InChI is InChI=1S/C16H30O3.C12H20N2O6/c17-15-13-11-9-7-5-3-1-2-4-6-8-10-12-14-16(18)19;1-7(15)3-4-9(12(19)20)14-10(16)6-5-8(13-2)11(17)18/h15H,1-14H2,(H,18,19);8-9,13H,3-6H2,1-2H3,(H,14,16)(H,17,18)(H,19,20)/t;8?,9-/m.0/s1. The third kappa shape index (κ3) is 28.0. The van der Waals surface area contributed by atoms with Gasteiger partial charge >= 0.3 is 17.9 Å². The van der Waals surface area contributed by atoms with Crippen molar-refractivity contribution in [1.82, 2.24) is 10.6 Å². The summed E-state index contributed by atoms with van der Waals surface area (Å²) < 4.78 is 0. The normalized spacial score (nSPS) is 11.9. The number of aliphatic carboxylic acids is 3. The maximum atomic E-state index is 11.6. The van der Waals surface area contributed by atoms with E-state index in [-0.39, 0.29) is 31.5 Å². The number of aldehydes is 1. The molecule has 5 N–H and O–H groups in total. The second-order valence-corrected chi connectivity index (χ2v) is 9.76. The maximum absolute atomic E-state index is 11.6. The molecule has 0 spiro atoms. The molecule has 0 rings (SSSR count). The average molecular weight is 559 g/mol. The number of Topliss-reactive ketones (excluding diaryl/α,β-unsaturated/α-hetero) is 1. The van der Waals surface area contributed by atoms with Crippen molar-refractivity contribution in [1.29, 1.82) is 0 Å². The Labute approximate surface area is 232 Å². The van der Waals surface area contributed by atoms with Crippen LogP contribution in [0.1, 0.15) is 122 Å². The summed E-state index contributed by atoms with van der Waals surface area (Å²) in [5.41, 5.74) is 0. The molecule has 0 saturated carbocycles. The van der Waals surface area contributed by atoms with Gasteiger partial charge in [-0.2, -0.15) is 0 Å². The van der Waals surface area contributed by atoms with E-state index < -0.39 is 35.9 Å². The van der Waals surface area contributed by atoms with Gasteiger partial charge in [-0.15, -0.1) is 0 Å². The Morgan fingerprint density at radius 1 is 0.641 bits per heavy atom. The van der Waals surface area contributed by atoms with Gasteiger partial charge in [-0.3, -0.25) is 14.4 Å². The highest BCUT2D eigenvalue weighted by Crippen LogP contribution is 2.12. The van der Waals surface area contributed by atoms with E-state index in [1.807, 2.05) is 0 Å². The lowest BCUT2D eigenvalue weighted by Crippen LogP contribution is -2.42. The van der Waals surface area contributed by atoms with E-state index in [4.69, 9.17) is 15.3 Å². The Bertz CT molecular complexity index is 713. The van der Waals surface area contributed by atoms with E-state index in [9.17, 15) is 28.8 Å². The first-order valence-electron chi connectivity index (χ1n) is 14.1. The number of amides is 1. The third-order valence-electron chi connectivity index (χ3n) is 6.19. The molecule has 1 amide bonds. The highest BCUT2D eigenvalue weighted by molar-refractivity contribution is 5.85. The van der Waals surface area contributed by atoms with Crippen LogP contribution in [0.25, 0.3) is 0 Å². The van der Waals surface area contributed by atoms with Crippen LogP contribution in [0, 0.1) is 0 Å². The lowest BCUT2D eigenvalue weighted by molar-refractivity contribution is -0.143. The lowest BCUT2D eigenvalue weighted by atomic mass is 10.0. The summed E-state index contributed by atoms with van der Waals surface area (Å²) in [7, 11) is 1.46. The number of unbranched alkanes of at least 4 members (excludes halogenated alkanes) is 12. The number of carboxylic acid groups (broad SMARTS) is 3. The van der Waals surface area contributed by atoms with Crippen LogP contribution in [0.4, 0.5) is 0 Å². The first-order valence-corrected chi connectivity index (χ1v) is 14.1. The van der Waals surface area contributed by atoms with Crippen LogP contribution in [0.3, 0.4) is 0 Å². The lowest BCUT2D eigenvalue weighted by Gasteiger charge is -2.15. The van der Waals surface area contributed by atoms with Gasteiger partial charge in [0.2, 0.25) is 5.91 Å². The second kappa shape index (κ2) is 26.8. The molecule has 0 heterocycles. The first-order chi connectivity index (χ1) is 18.5. The van der Waals surface area contributed by atoms with Crippen LogP contribution in [-0.4, -0.2) is 70.3 Å². The Hall–Kier alpha value is -2.82. The summed E-state index contributed by atoms with van der Waals surface area (Å²) in [5, 5.41) is 31.0. The second-order valence-electron chi connectivity index (χ2n) is 9.76. The molecule has 0 aliphatic carbocycles. The minimum absolute atomic E-state index is 0.0186. The van der Waals surface area contributed by atoms with Crippen molar-refractivity contribution in [3.63, 3.8) is 0 Å². The number of hydrogen-bond acceptors (Lipinski definition) is 7.